The number of aromatic nitrogens is 6. The molecule has 9 nitrogen and oxygen atoms in total. The summed E-state index contributed by atoms with van der Waals surface area (Å²) >= 11 is 5.85. The average molecular weight is 385 g/mol. The van der Waals surface area contributed by atoms with Crippen LogP contribution in [0.1, 0.15) is 27.9 Å². The van der Waals surface area contributed by atoms with E-state index in [0.29, 0.717) is 22.3 Å². The zero-order chi connectivity index (χ0) is 19.0. The van der Waals surface area contributed by atoms with Crippen LogP contribution in [0.2, 0.25) is 5.02 Å². The molecule has 0 fully saturated rings. The minimum atomic E-state index is -0.705. The number of fused-ring (bicyclic) bond motifs is 1. The highest BCUT2D eigenvalue weighted by molar-refractivity contribution is 6.30. The maximum absolute atomic E-state index is 12.2. The fraction of sp³-hybridized carbons (Fsp3) is 0.176. The summed E-state index contributed by atoms with van der Waals surface area (Å²) in [4.78, 5) is 20.5. The number of aryl methyl sites for hydroxylation is 2. The Balaban J connectivity index is 1.47. The third-order valence-electron chi connectivity index (χ3n) is 3.69. The van der Waals surface area contributed by atoms with Crippen molar-refractivity contribution in [3.05, 3.63) is 58.5 Å². The van der Waals surface area contributed by atoms with Crippen molar-refractivity contribution >= 4 is 23.3 Å². The Morgan fingerprint density at radius 3 is 2.74 bits per heavy atom. The molecule has 0 radical (unpaired) electrons. The summed E-state index contributed by atoms with van der Waals surface area (Å²) in [6.07, 6.45) is 0. The first kappa shape index (κ1) is 17.1. The fourth-order valence-corrected chi connectivity index (χ4v) is 2.59. The molecule has 0 aliphatic carbocycles. The van der Waals surface area contributed by atoms with Gasteiger partial charge < -0.3 is 9.15 Å². The maximum atomic E-state index is 12.2. The highest BCUT2D eigenvalue weighted by Crippen LogP contribution is 2.20. The molecular weight excluding hydrogens is 372 g/mol. The smallest absolute Gasteiger partial charge is 0.378 e. The molecule has 1 aromatic carbocycles. The monoisotopic (exact) mass is 384 g/mol. The van der Waals surface area contributed by atoms with Crippen molar-refractivity contribution in [3.8, 4) is 11.5 Å². The van der Waals surface area contributed by atoms with Crippen LogP contribution in [-0.4, -0.2) is 35.7 Å². The minimum Gasteiger partial charge on any atom is -0.450 e. The Labute approximate surface area is 158 Å². The number of carbonyl (C=O) groups is 1. The molecule has 0 aliphatic heterocycles. The third kappa shape index (κ3) is 3.49. The Hall–Kier alpha value is -3.33. The molecule has 3 aromatic heterocycles. The number of halogens is 1. The molecule has 0 amide bonds. The zero-order valence-electron chi connectivity index (χ0n) is 14.4. The van der Waals surface area contributed by atoms with Gasteiger partial charge in [0.2, 0.25) is 5.89 Å². The van der Waals surface area contributed by atoms with Crippen LogP contribution in [-0.2, 0) is 11.3 Å². The van der Waals surface area contributed by atoms with Crippen LogP contribution in [0.5, 0.6) is 0 Å². The second-order valence-electron chi connectivity index (χ2n) is 5.77. The van der Waals surface area contributed by atoms with Crippen LogP contribution in [0.4, 0.5) is 0 Å². The first-order chi connectivity index (χ1) is 13.0. The molecule has 0 saturated carbocycles. The van der Waals surface area contributed by atoms with Crippen molar-refractivity contribution in [3.63, 3.8) is 0 Å². The molecule has 136 valence electrons. The van der Waals surface area contributed by atoms with E-state index in [9.17, 15) is 4.79 Å². The molecule has 4 aromatic rings. The molecule has 10 heteroatoms. The van der Waals surface area contributed by atoms with E-state index < -0.39 is 5.97 Å². The molecule has 0 unspecified atom stereocenters. The van der Waals surface area contributed by atoms with Gasteiger partial charge in [0.05, 0.1) is 0 Å². The van der Waals surface area contributed by atoms with Crippen LogP contribution in [0.3, 0.4) is 0 Å². The normalized spacial score (nSPS) is 11.1. The number of benzene rings is 1. The molecule has 0 atom stereocenters. The van der Waals surface area contributed by atoms with Crippen molar-refractivity contribution in [2.75, 3.05) is 0 Å². The van der Waals surface area contributed by atoms with E-state index >= 15 is 0 Å². The molecule has 3 heterocycles. The first-order valence-electron chi connectivity index (χ1n) is 7.96. The number of nitrogens with zero attached hydrogens (tertiary/aromatic N) is 6. The van der Waals surface area contributed by atoms with Crippen LogP contribution < -0.4 is 0 Å². The van der Waals surface area contributed by atoms with E-state index in [4.69, 9.17) is 20.8 Å². The van der Waals surface area contributed by atoms with Gasteiger partial charge in [0.25, 0.3) is 17.5 Å². The Morgan fingerprint density at radius 1 is 1.19 bits per heavy atom. The van der Waals surface area contributed by atoms with E-state index in [2.05, 4.69) is 25.3 Å². The minimum absolute atomic E-state index is 0.0892. The lowest BCUT2D eigenvalue weighted by atomic mass is 10.2. The van der Waals surface area contributed by atoms with Gasteiger partial charge in [-0.1, -0.05) is 11.6 Å². The van der Waals surface area contributed by atoms with E-state index in [-0.39, 0.29) is 18.3 Å². The summed E-state index contributed by atoms with van der Waals surface area (Å²) in [6.45, 7) is 3.50. The van der Waals surface area contributed by atoms with Crippen LogP contribution in [0, 0.1) is 13.8 Å². The van der Waals surface area contributed by atoms with Crippen molar-refractivity contribution in [2.24, 2.45) is 0 Å². The number of hydrogen-bond donors (Lipinski definition) is 0. The Bertz CT molecular complexity index is 1140. The van der Waals surface area contributed by atoms with Crippen LogP contribution >= 0.6 is 11.6 Å². The Kier molecular flexibility index (Phi) is 4.28. The molecule has 0 bridgehead atoms. The van der Waals surface area contributed by atoms with Gasteiger partial charge in [-0.25, -0.2) is 14.3 Å². The van der Waals surface area contributed by atoms with Crippen molar-refractivity contribution in [2.45, 2.75) is 20.5 Å². The summed E-state index contributed by atoms with van der Waals surface area (Å²) in [7, 11) is 0. The van der Waals surface area contributed by atoms with Crippen molar-refractivity contribution < 1.29 is 13.9 Å². The number of hydrogen-bond acceptors (Lipinski definition) is 8. The Morgan fingerprint density at radius 2 is 1.96 bits per heavy atom. The van der Waals surface area contributed by atoms with Gasteiger partial charge in [-0.2, -0.15) is 4.98 Å². The van der Waals surface area contributed by atoms with Crippen LogP contribution in [0.25, 0.3) is 17.2 Å². The topological polar surface area (TPSA) is 108 Å². The molecule has 27 heavy (non-hydrogen) atoms. The molecule has 4 rings (SSSR count). The fourth-order valence-electron chi connectivity index (χ4n) is 2.47. The van der Waals surface area contributed by atoms with Gasteiger partial charge in [0.15, 0.2) is 6.61 Å². The van der Waals surface area contributed by atoms with Crippen molar-refractivity contribution in [1.29, 1.82) is 0 Å². The molecule has 0 saturated heterocycles. The maximum Gasteiger partial charge on any atom is 0.378 e. The SMILES string of the molecule is Cc1cc(C)n2nc(C(=O)OCc3nnc(-c4ccc(Cl)cc4)o3)nc2n1. The summed E-state index contributed by atoms with van der Waals surface area (Å²) < 4.78 is 12.1. The lowest BCUT2D eigenvalue weighted by Crippen LogP contribution is -2.08. The first-order valence-corrected chi connectivity index (χ1v) is 8.34. The van der Waals surface area contributed by atoms with E-state index in [1.807, 2.05) is 19.9 Å². The number of ether oxygens (including phenoxy) is 1. The van der Waals surface area contributed by atoms with Gasteiger partial charge >= 0.3 is 5.97 Å². The zero-order valence-corrected chi connectivity index (χ0v) is 15.1. The lowest BCUT2D eigenvalue weighted by molar-refractivity contribution is 0.0424. The lowest BCUT2D eigenvalue weighted by Gasteiger charge is -1.98. The molecular formula is C17H13ClN6O3. The third-order valence-corrected chi connectivity index (χ3v) is 3.94. The predicted octanol–water partition coefficient (Wildman–Crippen LogP) is 2.80. The summed E-state index contributed by atoms with van der Waals surface area (Å²) in [5, 5.41) is 12.5. The van der Waals surface area contributed by atoms with Gasteiger partial charge in [0.1, 0.15) is 0 Å². The summed E-state index contributed by atoms with van der Waals surface area (Å²) in [6, 6.07) is 8.78. The molecule has 0 aliphatic rings. The largest absolute Gasteiger partial charge is 0.450 e. The quantitative estimate of drug-likeness (QED) is 0.494. The number of esters is 1. The average Bonchev–Trinajstić information content (AvgIpc) is 3.27. The van der Waals surface area contributed by atoms with Gasteiger partial charge in [-0.3, -0.25) is 0 Å². The second-order valence-corrected chi connectivity index (χ2v) is 6.21. The number of rotatable bonds is 4. The van der Waals surface area contributed by atoms with Crippen LogP contribution in [0.15, 0.2) is 34.7 Å². The highest BCUT2D eigenvalue weighted by atomic mass is 35.5. The highest BCUT2D eigenvalue weighted by Gasteiger charge is 2.18. The predicted molar refractivity (Wildman–Crippen MR) is 94.1 cm³/mol. The summed E-state index contributed by atoms with van der Waals surface area (Å²) in [5.74, 6) is 0.000728. The standard InChI is InChI=1S/C17H13ClN6O3/c1-9-7-10(2)24-17(19-9)20-14(23-24)16(25)26-8-13-21-22-15(27-13)11-3-5-12(18)6-4-11/h3-7H,8H2,1-2H3. The van der Waals surface area contributed by atoms with Gasteiger partial charge in [-0.15, -0.1) is 15.3 Å². The second kappa shape index (κ2) is 6.76. The van der Waals surface area contributed by atoms with Gasteiger partial charge in [-0.05, 0) is 44.2 Å². The molecule has 0 spiro atoms. The van der Waals surface area contributed by atoms with E-state index in [0.717, 1.165) is 11.4 Å². The summed E-state index contributed by atoms with van der Waals surface area (Å²) in [5.41, 5.74) is 2.31. The van der Waals surface area contributed by atoms with Crippen molar-refractivity contribution in [1.82, 2.24) is 29.8 Å². The van der Waals surface area contributed by atoms with E-state index in [1.165, 1.54) is 4.52 Å². The number of carbonyl (C=O) groups excluding carboxylic acids is 1. The van der Waals surface area contributed by atoms with Gasteiger partial charge in [0, 0.05) is 22.0 Å². The van der Waals surface area contributed by atoms with E-state index in [1.54, 1.807) is 24.3 Å². The molecule has 0 N–H and O–H groups in total.